The molecule has 2 fully saturated rings. The zero-order valence-electron chi connectivity index (χ0n) is 14.8. The molecule has 2 atom stereocenters. The average Bonchev–Trinajstić information content (AvgIpc) is 3.26. The van der Waals surface area contributed by atoms with Gasteiger partial charge in [-0.3, -0.25) is 0 Å². The highest BCUT2D eigenvalue weighted by Gasteiger charge is 2.56. The third-order valence-electron chi connectivity index (χ3n) is 4.83. The van der Waals surface area contributed by atoms with Crippen LogP contribution in [0.4, 0.5) is 5.82 Å². The molecule has 0 aliphatic carbocycles. The van der Waals surface area contributed by atoms with Crippen molar-refractivity contribution in [3.63, 3.8) is 0 Å². The van der Waals surface area contributed by atoms with Crippen molar-refractivity contribution < 1.29 is 13.9 Å². The molecule has 0 spiro atoms. The van der Waals surface area contributed by atoms with E-state index in [4.69, 9.17) is 13.9 Å². The predicted molar refractivity (Wildman–Crippen MR) is 89.6 cm³/mol. The fraction of sp³-hybridized carbons (Fsp3) is 0.647. The third-order valence-corrected chi connectivity index (χ3v) is 4.83. The van der Waals surface area contributed by atoms with Gasteiger partial charge < -0.3 is 18.8 Å². The van der Waals surface area contributed by atoms with Gasteiger partial charge in [-0.1, -0.05) is 13.8 Å². The Morgan fingerprint density at radius 2 is 2.16 bits per heavy atom. The van der Waals surface area contributed by atoms with Crippen LogP contribution in [0.2, 0.25) is 0 Å². The first kappa shape index (κ1) is 16.3. The molecule has 0 saturated carbocycles. The number of hydrogen-bond acceptors (Lipinski definition) is 8. The van der Waals surface area contributed by atoms with E-state index in [-0.39, 0.29) is 11.3 Å². The Balaban J connectivity index is 1.62. The van der Waals surface area contributed by atoms with E-state index in [0.29, 0.717) is 49.9 Å². The fourth-order valence-corrected chi connectivity index (χ4v) is 3.58. The lowest BCUT2D eigenvalue weighted by Gasteiger charge is -2.24. The summed E-state index contributed by atoms with van der Waals surface area (Å²) in [5.74, 6) is 3.29. The smallest absolute Gasteiger partial charge is 0.257 e. The van der Waals surface area contributed by atoms with E-state index in [2.05, 4.69) is 38.9 Å². The first-order valence-electron chi connectivity index (χ1n) is 8.65. The number of aromatic nitrogens is 4. The number of anilines is 1. The largest absolute Gasteiger partial charge is 0.475 e. The second kappa shape index (κ2) is 6.25. The van der Waals surface area contributed by atoms with Gasteiger partial charge in [-0.25, -0.2) is 9.97 Å². The molecule has 2 aromatic rings. The van der Waals surface area contributed by atoms with Crippen molar-refractivity contribution in [1.82, 2.24) is 20.2 Å². The monoisotopic (exact) mass is 345 g/mol. The van der Waals surface area contributed by atoms with Crippen LogP contribution in [0.3, 0.4) is 0 Å². The van der Waals surface area contributed by atoms with E-state index in [0.717, 1.165) is 12.4 Å². The minimum Gasteiger partial charge on any atom is -0.475 e. The third kappa shape index (κ3) is 2.84. The Kier molecular flexibility index (Phi) is 4.07. The van der Waals surface area contributed by atoms with E-state index >= 15 is 0 Å². The van der Waals surface area contributed by atoms with E-state index in [1.54, 1.807) is 12.4 Å². The Hall–Kier alpha value is -2.22. The van der Waals surface area contributed by atoms with Crippen molar-refractivity contribution in [2.75, 3.05) is 37.8 Å². The van der Waals surface area contributed by atoms with Crippen molar-refractivity contribution in [2.24, 2.45) is 11.8 Å². The van der Waals surface area contributed by atoms with Crippen molar-refractivity contribution in [3.05, 3.63) is 24.2 Å². The summed E-state index contributed by atoms with van der Waals surface area (Å²) in [6.45, 7) is 9.42. The fourth-order valence-electron chi connectivity index (χ4n) is 3.58. The molecule has 2 aliphatic rings. The van der Waals surface area contributed by atoms with Crippen molar-refractivity contribution in [1.29, 1.82) is 0 Å². The summed E-state index contributed by atoms with van der Waals surface area (Å²) < 4.78 is 17.4. The first-order valence-corrected chi connectivity index (χ1v) is 8.65. The lowest BCUT2D eigenvalue weighted by molar-refractivity contribution is 0.166. The summed E-state index contributed by atoms with van der Waals surface area (Å²) in [5.41, 5.74) is -0.284. The molecule has 8 heteroatoms. The minimum atomic E-state index is -0.284. The lowest BCUT2D eigenvalue weighted by Crippen LogP contribution is -2.36. The van der Waals surface area contributed by atoms with Crippen LogP contribution in [-0.2, 0) is 10.2 Å². The highest BCUT2D eigenvalue weighted by Crippen LogP contribution is 2.45. The van der Waals surface area contributed by atoms with Crippen LogP contribution in [0.5, 0.6) is 5.88 Å². The molecule has 25 heavy (non-hydrogen) atoms. The van der Waals surface area contributed by atoms with Crippen molar-refractivity contribution in [2.45, 2.75) is 26.2 Å². The Morgan fingerprint density at radius 3 is 2.92 bits per heavy atom. The number of rotatable bonds is 5. The van der Waals surface area contributed by atoms with E-state index < -0.39 is 0 Å². The SMILES string of the molecule is Cc1nnc([C@@]23COC[C@@H]2CN(c2nccnc2OCC(C)C)C3)o1. The molecule has 2 aliphatic heterocycles. The summed E-state index contributed by atoms with van der Waals surface area (Å²) >= 11 is 0. The molecule has 2 saturated heterocycles. The number of aryl methyl sites for hydroxylation is 1. The van der Waals surface area contributed by atoms with E-state index in [1.165, 1.54) is 0 Å². The van der Waals surface area contributed by atoms with Gasteiger partial charge in [-0.2, -0.15) is 0 Å². The maximum absolute atomic E-state index is 5.88. The molecule has 0 N–H and O–H groups in total. The Morgan fingerprint density at radius 1 is 1.32 bits per heavy atom. The summed E-state index contributed by atoms with van der Waals surface area (Å²) in [4.78, 5) is 11.1. The zero-order valence-corrected chi connectivity index (χ0v) is 14.8. The predicted octanol–water partition coefficient (Wildman–Crippen LogP) is 1.61. The summed E-state index contributed by atoms with van der Waals surface area (Å²) in [7, 11) is 0. The topological polar surface area (TPSA) is 86.4 Å². The molecule has 0 unspecified atom stereocenters. The molecule has 4 heterocycles. The molecule has 0 amide bonds. The van der Waals surface area contributed by atoms with Gasteiger partial charge in [-0.05, 0) is 5.92 Å². The van der Waals surface area contributed by atoms with Gasteiger partial charge in [0.1, 0.15) is 0 Å². The van der Waals surface area contributed by atoms with Crippen LogP contribution >= 0.6 is 0 Å². The summed E-state index contributed by atoms with van der Waals surface area (Å²) in [6.07, 6.45) is 3.36. The summed E-state index contributed by atoms with van der Waals surface area (Å²) in [5, 5.41) is 8.29. The minimum absolute atomic E-state index is 0.284. The zero-order chi connectivity index (χ0) is 17.4. The number of ether oxygens (including phenoxy) is 2. The van der Waals surface area contributed by atoms with Gasteiger partial charge in [0.15, 0.2) is 5.82 Å². The first-order chi connectivity index (χ1) is 12.1. The van der Waals surface area contributed by atoms with Gasteiger partial charge >= 0.3 is 0 Å². The average molecular weight is 345 g/mol. The highest BCUT2D eigenvalue weighted by atomic mass is 16.5. The Labute approximate surface area is 146 Å². The maximum atomic E-state index is 5.88. The Bertz CT molecular complexity index is 749. The van der Waals surface area contributed by atoms with Crippen molar-refractivity contribution >= 4 is 5.82 Å². The number of nitrogens with zero attached hydrogens (tertiary/aromatic N) is 5. The van der Waals surface area contributed by atoms with Crippen LogP contribution in [0, 0.1) is 18.8 Å². The lowest BCUT2D eigenvalue weighted by atomic mass is 9.81. The van der Waals surface area contributed by atoms with Crippen LogP contribution in [0.15, 0.2) is 16.8 Å². The van der Waals surface area contributed by atoms with Crippen LogP contribution < -0.4 is 9.64 Å². The van der Waals surface area contributed by atoms with Crippen LogP contribution in [0.25, 0.3) is 0 Å². The van der Waals surface area contributed by atoms with Gasteiger partial charge in [0.2, 0.25) is 11.8 Å². The van der Waals surface area contributed by atoms with Crippen LogP contribution in [0.1, 0.15) is 25.6 Å². The molecular weight excluding hydrogens is 322 g/mol. The van der Waals surface area contributed by atoms with Gasteiger partial charge in [-0.15, -0.1) is 10.2 Å². The molecule has 0 radical (unpaired) electrons. The normalized spacial score (nSPS) is 25.6. The van der Waals surface area contributed by atoms with Gasteiger partial charge in [0.05, 0.1) is 25.2 Å². The highest BCUT2D eigenvalue weighted by molar-refractivity contribution is 5.51. The number of hydrogen-bond donors (Lipinski definition) is 0. The second-order valence-corrected chi connectivity index (χ2v) is 7.26. The van der Waals surface area contributed by atoms with Gasteiger partial charge in [0.25, 0.3) is 5.88 Å². The van der Waals surface area contributed by atoms with Crippen molar-refractivity contribution in [3.8, 4) is 5.88 Å². The molecule has 0 aromatic carbocycles. The molecule has 8 nitrogen and oxygen atoms in total. The van der Waals surface area contributed by atoms with Gasteiger partial charge in [0, 0.05) is 38.3 Å². The maximum Gasteiger partial charge on any atom is 0.257 e. The molecule has 0 bridgehead atoms. The van der Waals surface area contributed by atoms with E-state index in [9.17, 15) is 0 Å². The molecule has 134 valence electrons. The van der Waals surface area contributed by atoms with Crippen LogP contribution in [-0.4, -0.2) is 53.1 Å². The number of fused-ring (bicyclic) bond motifs is 1. The quantitative estimate of drug-likeness (QED) is 0.808. The second-order valence-electron chi connectivity index (χ2n) is 7.26. The molecule has 4 rings (SSSR count). The van der Waals surface area contributed by atoms with E-state index in [1.807, 2.05) is 6.92 Å². The standard InChI is InChI=1S/C17H23N5O3/c1-11(2)7-24-15-14(18-4-5-19-15)22-6-13-8-23-10-17(13,9-22)16-21-20-12(3)25-16/h4-5,11,13H,6-10H2,1-3H3/t13-,17-/m0/s1. The molecular formula is C17H23N5O3. The molecule has 2 aromatic heterocycles. The summed E-state index contributed by atoms with van der Waals surface area (Å²) in [6, 6.07) is 0.